The lowest BCUT2D eigenvalue weighted by molar-refractivity contribution is -0.121. The molecule has 0 atom stereocenters. The summed E-state index contributed by atoms with van der Waals surface area (Å²) >= 11 is 10.6. The molecule has 0 unspecified atom stereocenters. The third kappa shape index (κ3) is 5.56. The Morgan fingerprint density at radius 2 is 1.83 bits per heavy atom. The number of nitrogens with one attached hydrogen (secondary N) is 3. The smallest absolute Gasteiger partial charge is 0.257 e. The number of pyridine rings is 1. The van der Waals surface area contributed by atoms with Gasteiger partial charge in [0, 0.05) is 11.8 Å². The zero-order valence-corrected chi connectivity index (χ0v) is 13.7. The maximum Gasteiger partial charge on any atom is 0.257 e. The van der Waals surface area contributed by atoms with Crippen LogP contribution < -0.4 is 16.2 Å². The van der Waals surface area contributed by atoms with E-state index in [0.29, 0.717) is 10.7 Å². The van der Waals surface area contributed by atoms with Gasteiger partial charge < -0.3 is 0 Å². The van der Waals surface area contributed by atoms with Crippen molar-refractivity contribution < 1.29 is 14.0 Å². The van der Waals surface area contributed by atoms with E-state index in [2.05, 4.69) is 21.2 Å². The lowest BCUT2D eigenvalue weighted by Crippen LogP contribution is -2.48. The van der Waals surface area contributed by atoms with Gasteiger partial charge in [-0.3, -0.25) is 25.8 Å². The Morgan fingerprint density at radius 3 is 2.46 bits per heavy atom. The van der Waals surface area contributed by atoms with Gasteiger partial charge in [-0.25, -0.2) is 9.37 Å². The van der Waals surface area contributed by atoms with Crippen molar-refractivity contribution in [2.45, 2.75) is 6.42 Å². The van der Waals surface area contributed by atoms with Gasteiger partial charge in [-0.1, -0.05) is 17.7 Å². The van der Waals surface area contributed by atoms with Crippen molar-refractivity contribution >= 4 is 40.7 Å². The van der Waals surface area contributed by atoms with Crippen molar-refractivity contribution in [2.75, 3.05) is 0 Å². The number of aromatic nitrogens is 1. The highest BCUT2D eigenvalue weighted by Crippen LogP contribution is 2.05. The SMILES string of the molecule is O=C(Cc1ccc(Cl)nc1)NNC(=S)NC(=O)c1ccc(F)cc1. The molecule has 0 saturated heterocycles. The molecule has 6 nitrogen and oxygen atoms in total. The topological polar surface area (TPSA) is 83.1 Å². The second kappa shape index (κ2) is 8.32. The van der Waals surface area contributed by atoms with Crippen molar-refractivity contribution in [3.8, 4) is 0 Å². The van der Waals surface area contributed by atoms with E-state index in [0.717, 1.165) is 12.1 Å². The number of nitrogens with zero attached hydrogens (tertiary/aromatic N) is 1. The number of carbonyl (C=O) groups is 2. The van der Waals surface area contributed by atoms with Crippen LogP contribution in [0.5, 0.6) is 0 Å². The fourth-order valence-corrected chi connectivity index (χ4v) is 1.93. The minimum absolute atomic E-state index is 0.0612. The maximum atomic E-state index is 12.8. The summed E-state index contributed by atoms with van der Waals surface area (Å²) < 4.78 is 12.8. The number of rotatable bonds is 3. The summed E-state index contributed by atoms with van der Waals surface area (Å²) in [4.78, 5) is 27.4. The molecule has 0 bridgehead atoms. The fraction of sp³-hybridized carbons (Fsp3) is 0.0667. The summed E-state index contributed by atoms with van der Waals surface area (Å²) in [6, 6.07) is 8.20. The molecule has 0 spiro atoms. The molecule has 124 valence electrons. The lowest BCUT2D eigenvalue weighted by atomic mass is 10.2. The monoisotopic (exact) mass is 366 g/mol. The number of benzene rings is 1. The first-order chi connectivity index (χ1) is 11.4. The van der Waals surface area contributed by atoms with E-state index in [9.17, 15) is 14.0 Å². The van der Waals surface area contributed by atoms with Crippen LogP contribution in [0.2, 0.25) is 5.15 Å². The number of carbonyl (C=O) groups excluding carboxylic acids is 2. The van der Waals surface area contributed by atoms with Gasteiger partial charge in [-0.2, -0.15) is 0 Å². The van der Waals surface area contributed by atoms with Gasteiger partial charge in [0.05, 0.1) is 6.42 Å². The molecular weight excluding hydrogens is 355 g/mol. The molecule has 1 heterocycles. The molecule has 1 aromatic heterocycles. The number of halogens is 2. The van der Waals surface area contributed by atoms with Gasteiger partial charge in [0.15, 0.2) is 5.11 Å². The predicted molar refractivity (Wildman–Crippen MR) is 90.7 cm³/mol. The third-order valence-electron chi connectivity index (χ3n) is 2.80. The lowest BCUT2D eigenvalue weighted by Gasteiger charge is -2.10. The number of hydrogen-bond donors (Lipinski definition) is 3. The van der Waals surface area contributed by atoms with Crippen LogP contribution in [0.1, 0.15) is 15.9 Å². The molecule has 9 heteroatoms. The molecule has 0 aliphatic heterocycles. The van der Waals surface area contributed by atoms with Gasteiger partial charge in [0.1, 0.15) is 11.0 Å². The molecule has 0 saturated carbocycles. The second-order valence-corrected chi connectivity index (χ2v) is 5.42. The Hall–Kier alpha value is -2.58. The molecule has 2 rings (SSSR count). The molecule has 0 fully saturated rings. The van der Waals surface area contributed by atoms with Crippen molar-refractivity contribution in [3.63, 3.8) is 0 Å². The molecule has 2 aromatic rings. The van der Waals surface area contributed by atoms with Crippen molar-refractivity contribution in [1.29, 1.82) is 0 Å². The van der Waals surface area contributed by atoms with Gasteiger partial charge in [0.2, 0.25) is 5.91 Å². The highest BCUT2D eigenvalue weighted by Gasteiger charge is 2.09. The summed E-state index contributed by atoms with van der Waals surface area (Å²) in [6.07, 6.45) is 1.54. The highest BCUT2D eigenvalue weighted by atomic mass is 35.5. The Kier molecular flexibility index (Phi) is 6.16. The van der Waals surface area contributed by atoms with Crippen LogP contribution in [-0.2, 0) is 11.2 Å². The standard InChI is InChI=1S/C15H12ClFN4O2S/c16-12-6-1-9(8-18-12)7-13(22)20-21-15(24)19-14(23)10-2-4-11(17)5-3-10/h1-6,8H,7H2,(H,20,22)(H2,19,21,23,24). The van der Waals surface area contributed by atoms with Crippen LogP contribution in [-0.4, -0.2) is 21.9 Å². The average molecular weight is 367 g/mol. The minimum atomic E-state index is -0.524. The first-order valence-electron chi connectivity index (χ1n) is 6.70. The number of thiocarbonyl (C=S) groups is 1. The van der Waals surface area contributed by atoms with E-state index >= 15 is 0 Å². The van der Waals surface area contributed by atoms with Crippen LogP contribution in [0.4, 0.5) is 4.39 Å². The minimum Gasteiger partial charge on any atom is -0.298 e. The van der Waals surface area contributed by atoms with Crippen molar-refractivity contribution in [1.82, 2.24) is 21.2 Å². The molecule has 3 N–H and O–H groups in total. The summed E-state index contributed by atoms with van der Waals surface area (Å²) in [5, 5.41) is 2.60. The Bertz CT molecular complexity index is 753. The van der Waals surface area contributed by atoms with Crippen LogP contribution in [0.25, 0.3) is 0 Å². The molecule has 0 aliphatic carbocycles. The zero-order valence-electron chi connectivity index (χ0n) is 12.2. The molecule has 1 aromatic carbocycles. The molecule has 0 radical (unpaired) electrons. The van der Waals surface area contributed by atoms with E-state index in [1.165, 1.54) is 18.3 Å². The summed E-state index contributed by atoms with van der Waals surface area (Å²) in [7, 11) is 0. The number of amides is 2. The normalized spacial score (nSPS) is 9.92. The number of hydrogen-bond acceptors (Lipinski definition) is 4. The molecule has 2 amide bonds. The van der Waals surface area contributed by atoms with Gasteiger partial charge in [0.25, 0.3) is 5.91 Å². The Balaban J connectivity index is 1.78. The Labute approximate surface area is 147 Å². The largest absolute Gasteiger partial charge is 0.298 e. The van der Waals surface area contributed by atoms with E-state index in [1.54, 1.807) is 12.1 Å². The maximum absolute atomic E-state index is 12.8. The van der Waals surface area contributed by atoms with Gasteiger partial charge in [-0.15, -0.1) is 0 Å². The summed E-state index contributed by atoms with van der Waals surface area (Å²) in [5.41, 5.74) is 5.65. The first kappa shape index (κ1) is 17.8. The van der Waals surface area contributed by atoms with E-state index < -0.39 is 11.7 Å². The zero-order chi connectivity index (χ0) is 17.5. The molecule has 0 aliphatic rings. The highest BCUT2D eigenvalue weighted by molar-refractivity contribution is 7.80. The van der Waals surface area contributed by atoms with Crippen LogP contribution >= 0.6 is 23.8 Å². The van der Waals surface area contributed by atoms with Crippen molar-refractivity contribution in [3.05, 3.63) is 64.7 Å². The van der Waals surface area contributed by atoms with E-state index in [1.807, 2.05) is 0 Å². The average Bonchev–Trinajstić information content (AvgIpc) is 2.55. The number of hydrazine groups is 1. The second-order valence-electron chi connectivity index (χ2n) is 4.63. The van der Waals surface area contributed by atoms with Crippen LogP contribution in [0.3, 0.4) is 0 Å². The first-order valence-corrected chi connectivity index (χ1v) is 7.49. The fourth-order valence-electron chi connectivity index (χ4n) is 1.67. The summed E-state index contributed by atoms with van der Waals surface area (Å²) in [6.45, 7) is 0. The Morgan fingerprint density at radius 1 is 1.12 bits per heavy atom. The molecular formula is C15H12ClFN4O2S. The predicted octanol–water partition coefficient (Wildman–Crippen LogP) is 1.75. The van der Waals surface area contributed by atoms with Gasteiger partial charge in [-0.05, 0) is 48.1 Å². The van der Waals surface area contributed by atoms with Crippen LogP contribution in [0.15, 0.2) is 42.6 Å². The quantitative estimate of drug-likeness (QED) is 0.438. The van der Waals surface area contributed by atoms with Crippen molar-refractivity contribution in [2.24, 2.45) is 0 Å². The molecule has 24 heavy (non-hydrogen) atoms. The van der Waals surface area contributed by atoms with Gasteiger partial charge >= 0.3 is 0 Å². The third-order valence-corrected chi connectivity index (χ3v) is 3.23. The van der Waals surface area contributed by atoms with E-state index in [-0.39, 0.29) is 23.0 Å². The summed E-state index contributed by atoms with van der Waals surface area (Å²) in [5.74, 6) is -1.35. The van der Waals surface area contributed by atoms with E-state index in [4.69, 9.17) is 23.8 Å². The van der Waals surface area contributed by atoms with Crippen LogP contribution in [0, 0.1) is 5.82 Å².